The summed E-state index contributed by atoms with van der Waals surface area (Å²) in [7, 11) is 0. The Labute approximate surface area is 74.9 Å². The zero-order valence-electron chi connectivity index (χ0n) is 7.96. The van der Waals surface area contributed by atoms with Crippen molar-refractivity contribution in [3.8, 4) is 0 Å². The summed E-state index contributed by atoms with van der Waals surface area (Å²) in [6.45, 7) is 7.25. The van der Waals surface area contributed by atoms with E-state index in [1.807, 2.05) is 0 Å². The number of ether oxygens (including phenoxy) is 1. The lowest BCUT2D eigenvalue weighted by atomic mass is 10.2. The summed E-state index contributed by atoms with van der Waals surface area (Å²) >= 11 is 0. The van der Waals surface area contributed by atoms with Gasteiger partial charge >= 0.3 is 0 Å². The van der Waals surface area contributed by atoms with E-state index in [4.69, 9.17) is 10.5 Å². The topological polar surface area (TPSA) is 38.5 Å². The van der Waals surface area contributed by atoms with Crippen molar-refractivity contribution in [1.82, 2.24) is 4.90 Å². The van der Waals surface area contributed by atoms with Gasteiger partial charge in [-0.3, -0.25) is 0 Å². The first kappa shape index (κ1) is 9.96. The Morgan fingerprint density at radius 1 is 1.42 bits per heavy atom. The molecule has 1 atom stereocenters. The normalized spacial score (nSPS) is 23.5. The van der Waals surface area contributed by atoms with Crippen molar-refractivity contribution < 1.29 is 4.74 Å². The minimum Gasteiger partial charge on any atom is -0.380 e. The van der Waals surface area contributed by atoms with E-state index >= 15 is 0 Å². The van der Waals surface area contributed by atoms with Crippen LogP contribution in [0, 0.1) is 0 Å². The van der Waals surface area contributed by atoms with Crippen LogP contribution >= 0.6 is 0 Å². The third-order valence-corrected chi connectivity index (χ3v) is 2.22. The van der Waals surface area contributed by atoms with Crippen LogP contribution in [0.25, 0.3) is 0 Å². The average molecular weight is 172 g/mol. The molecule has 1 aliphatic rings. The van der Waals surface area contributed by atoms with Gasteiger partial charge in [-0.2, -0.15) is 0 Å². The lowest BCUT2D eigenvalue weighted by Gasteiger charge is -2.19. The first-order valence-electron chi connectivity index (χ1n) is 4.84. The van der Waals surface area contributed by atoms with E-state index in [1.54, 1.807) is 0 Å². The minimum atomic E-state index is 0.328. The Hall–Kier alpha value is -0.120. The fourth-order valence-electron chi connectivity index (χ4n) is 1.41. The molecule has 0 amide bonds. The lowest BCUT2D eigenvalue weighted by Crippen LogP contribution is -2.31. The van der Waals surface area contributed by atoms with Crippen molar-refractivity contribution in [2.75, 3.05) is 32.8 Å². The van der Waals surface area contributed by atoms with Gasteiger partial charge in [-0.1, -0.05) is 0 Å². The molecule has 1 saturated heterocycles. The molecule has 1 fully saturated rings. The molecule has 2 N–H and O–H groups in total. The van der Waals surface area contributed by atoms with Gasteiger partial charge in [0.05, 0.1) is 6.61 Å². The molecule has 1 heterocycles. The first-order valence-corrected chi connectivity index (χ1v) is 4.84. The molecule has 0 radical (unpaired) electrons. The van der Waals surface area contributed by atoms with E-state index in [9.17, 15) is 0 Å². The summed E-state index contributed by atoms with van der Waals surface area (Å²) in [5, 5.41) is 0. The van der Waals surface area contributed by atoms with E-state index < -0.39 is 0 Å². The van der Waals surface area contributed by atoms with Gasteiger partial charge in [0, 0.05) is 25.7 Å². The highest BCUT2D eigenvalue weighted by Gasteiger charge is 2.08. The number of rotatable bonds is 3. The molecule has 1 aliphatic heterocycles. The fourth-order valence-corrected chi connectivity index (χ4v) is 1.41. The summed E-state index contributed by atoms with van der Waals surface area (Å²) < 4.78 is 5.36. The van der Waals surface area contributed by atoms with Gasteiger partial charge in [0.2, 0.25) is 0 Å². The van der Waals surface area contributed by atoms with Crippen LogP contribution in [0.3, 0.4) is 0 Å². The zero-order valence-corrected chi connectivity index (χ0v) is 7.96. The highest BCUT2D eigenvalue weighted by molar-refractivity contribution is 4.63. The second-order valence-corrected chi connectivity index (χ2v) is 3.57. The number of hydrogen-bond acceptors (Lipinski definition) is 3. The van der Waals surface area contributed by atoms with Crippen LogP contribution < -0.4 is 5.73 Å². The molecule has 0 bridgehead atoms. The molecule has 72 valence electrons. The van der Waals surface area contributed by atoms with Crippen molar-refractivity contribution in [2.45, 2.75) is 25.8 Å². The number of hydrogen-bond donors (Lipinski definition) is 1. The standard InChI is InChI=1S/C9H20N2O/c1-9(10)3-5-11-4-2-7-12-8-6-11/h9H,2-8,10H2,1H3. The van der Waals surface area contributed by atoms with E-state index in [1.165, 1.54) is 13.0 Å². The second-order valence-electron chi connectivity index (χ2n) is 3.57. The van der Waals surface area contributed by atoms with Gasteiger partial charge in [-0.05, 0) is 26.3 Å². The van der Waals surface area contributed by atoms with Crippen LogP contribution in [0.4, 0.5) is 0 Å². The van der Waals surface area contributed by atoms with Crippen LogP contribution in [0.2, 0.25) is 0 Å². The maximum atomic E-state index is 5.69. The Morgan fingerprint density at radius 2 is 2.25 bits per heavy atom. The van der Waals surface area contributed by atoms with E-state index in [0.29, 0.717) is 6.04 Å². The summed E-state index contributed by atoms with van der Waals surface area (Å²) in [6, 6.07) is 0.328. The highest BCUT2D eigenvalue weighted by atomic mass is 16.5. The van der Waals surface area contributed by atoms with Gasteiger partial charge in [0.15, 0.2) is 0 Å². The van der Waals surface area contributed by atoms with Gasteiger partial charge in [-0.15, -0.1) is 0 Å². The smallest absolute Gasteiger partial charge is 0.0593 e. The van der Waals surface area contributed by atoms with Crippen LogP contribution in [0.1, 0.15) is 19.8 Å². The molecule has 3 nitrogen and oxygen atoms in total. The molecule has 0 aromatic rings. The molecule has 0 aromatic carbocycles. The summed E-state index contributed by atoms with van der Waals surface area (Å²) in [5.41, 5.74) is 5.69. The zero-order chi connectivity index (χ0) is 8.81. The van der Waals surface area contributed by atoms with Gasteiger partial charge in [0.1, 0.15) is 0 Å². The molecule has 3 heteroatoms. The Balaban J connectivity index is 2.12. The van der Waals surface area contributed by atoms with Crippen molar-refractivity contribution >= 4 is 0 Å². The summed E-state index contributed by atoms with van der Waals surface area (Å²) in [5.74, 6) is 0. The first-order chi connectivity index (χ1) is 5.79. The monoisotopic (exact) mass is 172 g/mol. The number of nitrogens with two attached hydrogens (primary N) is 1. The van der Waals surface area contributed by atoms with E-state index in [-0.39, 0.29) is 0 Å². The van der Waals surface area contributed by atoms with Crippen molar-refractivity contribution in [3.05, 3.63) is 0 Å². The molecule has 0 spiro atoms. The van der Waals surface area contributed by atoms with E-state index in [0.717, 1.165) is 32.7 Å². The van der Waals surface area contributed by atoms with Crippen LogP contribution in [-0.2, 0) is 4.74 Å². The van der Waals surface area contributed by atoms with Gasteiger partial charge in [0.25, 0.3) is 0 Å². The third kappa shape index (κ3) is 4.04. The maximum absolute atomic E-state index is 5.69. The molecule has 0 aliphatic carbocycles. The third-order valence-electron chi connectivity index (χ3n) is 2.22. The largest absolute Gasteiger partial charge is 0.380 e. The molecular weight excluding hydrogens is 152 g/mol. The molecule has 1 unspecified atom stereocenters. The minimum absolute atomic E-state index is 0.328. The molecule has 12 heavy (non-hydrogen) atoms. The van der Waals surface area contributed by atoms with Gasteiger partial charge in [-0.25, -0.2) is 0 Å². The van der Waals surface area contributed by atoms with Crippen LogP contribution in [0.5, 0.6) is 0 Å². The quantitative estimate of drug-likeness (QED) is 0.671. The fraction of sp³-hybridized carbons (Fsp3) is 1.00. The highest BCUT2D eigenvalue weighted by Crippen LogP contribution is 2.00. The van der Waals surface area contributed by atoms with Crippen molar-refractivity contribution in [3.63, 3.8) is 0 Å². The van der Waals surface area contributed by atoms with Gasteiger partial charge < -0.3 is 15.4 Å². The maximum Gasteiger partial charge on any atom is 0.0593 e. The predicted molar refractivity (Wildman–Crippen MR) is 50.1 cm³/mol. The average Bonchev–Trinajstić information content (AvgIpc) is 2.28. The lowest BCUT2D eigenvalue weighted by molar-refractivity contribution is 0.141. The van der Waals surface area contributed by atoms with E-state index in [2.05, 4.69) is 11.8 Å². The SMILES string of the molecule is CC(N)CCN1CCCOCC1. The van der Waals surface area contributed by atoms with Crippen LogP contribution in [-0.4, -0.2) is 43.8 Å². The Bertz CT molecular complexity index is 109. The second kappa shape index (κ2) is 5.51. The molecule has 0 aromatic heterocycles. The molecule has 0 saturated carbocycles. The van der Waals surface area contributed by atoms with Crippen molar-refractivity contribution in [1.29, 1.82) is 0 Å². The van der Waals surface area contributed by atoms with Crippen LogP contribution in [0.15, 0.2) is 0 Å². The summed E-state index contributed by atoms with van der Waals surface area (Å²) in [6.07, 6.45) is 2.26. The van der Waals surface area contributed by atoms with Crippen molar-refractivity contribution in [2.24, 2.45) is 5.73 Å². The number of nitrogens with zero attached hydrogens (tertiary/aromatic N) is 1. The molecular formula is C9H20N2O. The Kier molecular flexibility index (Phi) is 4.58. The molecule has 1 rings (SSSR count). The summed E-state index contributed by atoms with van der Waals surface area (Å²) in [4.78, 5) is 2.44. The Morgan fingerprint density at radius 3 is 3.00 bits per heavy atom. The predicted octanol–water partition coefficient (Wildman–Crippen LogP) is 0.446.